The third-order valence-corrected chi connectivity index (χ3v) is 5.75. The fraction of sp³-hybridized carbons (Fsp3) is 0.421. The molecule has 1 saturated heterocycles. The monoisotopic (exact) mass is 344 g/mol. The molecular formula is C19H24N2O2S. The van der Waals surface area contributed by atoms with E-state index in [1.54, 1.807) is 18.4 Å². The Hall–Kier alpha value is -1.85. The van der Waals surface area contributed by atoms with E-state index in [1.807, 2.05) is 35.2 Å². The Morgan fingerprint density at radius 1 is 1.33 bits per heavy atom. The van der Waals surface area contributed by atoms with E-state index >= 15 is 0 Å². The van der Waals surface area contributed by atoms with Gasteiger partial charge in [0.15, 0.2) is 0 Å². The molecule has 2 N–H and O–H groups in total. The van der Waals surface area contributed by atoms with Crippen molar-refractivity contribution in [3.63, 3.8) is 0 Å². The average molecular weight is 344 g/mol. The third kappa shape index (κ3) is 3.32. The molecule has 2 atom stereocenters. The first-order chi connectivity index (χ1) is 11.5. The largest absolute Gasteiger partial charge is 0.497 e. The fourth-order valence-electron chi connectivity index (χ4n) is 3.30. The highest BCUT2D eigenvalue weighted by molar-refractivity contribution is 7.14. The number of amides is 1. The molecule has 0 saturated carbocycles. The van der Waals surface area contributed by atoms with Crippen LogP contribution in [-0.2, 0) is 0 Å². The maximum Gasteiger partial charge on any atom is 0.264 e. The summed E-state index contributed by atoms with van der Waals surface area (Å²) in [6.45, 7) is 4.90. The Morgan fingerprint density at radius 2 is 2.04 bits per heavy atom. The van der Waals surface area contributed by atoms with Crippen LogP contribution in [0.15, 0.2) is 30.3 Å². The highest BCUT2D eigenvalue weighted by Crippen LogP contribution is 2.33. The van der Waals surface area contributed by atoms with Crippen molar-refractivity contribution < 1.29 is 9.53 Å². The van der Waals surface area contributed by atoms with Gasteiger partial charge >= 0.3 is 0 Å². The molecule has 0 radical (unpaired) electrons. The molecule has 24 heavy (non-hydrogen) atoms. The van der Waals surface area contributed by atoms with Gasteiger partial charge in [0.2, 0.25) is 0 Å². The van der Waals surface area contributed by atoms with Crippen LogP contribution in [-0.4, -0.2) is 36.5 Å². The lowest BCUT2D eigenvalue weighted by atomic mass is 9.99. The van der Waals surface area contributed by atoms with Crippen LogP contribution in [0, 0.1) is 6.92 Å². The molecule has 0 aliphatic carbocycles. The molecule has 3 rings (SSSR count). The van der Waals surface area contributed by atoms with Crippen LogP contribution in [0.4, 0.5) is 0 Å². The smallest absolute Gasteiger partial charge is 0.264 e. The molecule has 1 aromatic heterocycles. The number of benzene rings is 1. The topological polar surface area (TPSA) is 55.6 Å². The van der Waals surface area contributed by atoms with Crippen molar-refractivity contribution in [1.29, 1.82) is 0 Å². The molecular weight excluding hydrogens is 320 g/mol. The number of piperidine rings is 1. The van der Waals surface area contributed by atoms with Gasteiger partial charge < -0.3 is 15.4 Å². The van der Waals surface area contributed by atoms with E-state index in [4.69, 9.17) is 10.5 Å². The zero-order valence-electron chi connectivity index (χ0n) is 14.4. The van der Waals surface area contributed by atoms with Gasteiger partial charge in [0, 0.05) is 23.5 Å². The zero-order chi connectivity index (χ0) is 17.3. The second-order valence-electron chi connectivity index (χ2n) is 6.44. The van der Waals surface area contributed by atoms with Crippen molar-refractivity contribution in [3.8, 4) is 16.9 Å². The molecule has 1 aliphatic rings. The lowest BCUT2D eigenvalue weighted by Crippen LogP contribution is -2.48. The molecule has 0 unspecified atom stereocenters. The van der Waals surface area contributed by atoms with E-state index in [9.17, 15) is 4.79 Å². The SMILES string of the molecule is COc1ccc(-c2cc(C(=O)N3CC[C@H](N)C[C@H]3C)sc2C)cc1. The summed E-state index contributed by atoms with van der Waals surface area (Å²) >= 11 is 1.57. The Morgan fingerprint density at radius 3 is 2.67 bits per heavy atom. The summed E-state index contributed by atoms with van der Waals surface area (Å²) in [5.41, 5.74) is 8.24. The van der Waals surface area contributed by atoms with Crippen LogP contribution in [0.25, 0.3) is 11.1 Å². The normalized spacial score (nSPS) is 20.9. The molecule has 5 heteroatoms. The van der Waals surface area contributed by atoms with E-state index in [0.717, 1.165) is 46.0 Å². The van der Waals surface area contributed by atoms with Crippen LogP contribution in [0.1, 0.15) is 34.3 Å². The van der Waals surface area contributed by atoms with Crippen molar-refractivity contribution in [2.45, 2.75) is 38.8 Å². The van der Waals surface area contributed by atoms with Gasteiger partial charge in [-0.25, -0.2) is 0 Å². The van der Waals surface area contributed by atoms with Gasteiger partial charge in [-0.15, -0.1) is 11.3 Å². The molecule has 2 heterocycles. The van der Waals surface area contributed by atoms with Gasteiger partial charge in [-0.2, -0.15) is 0 Å². The molecule has 4 nitrogen and oxygen atoms in total. The Balaban J connectivity index is 1.84. The average Bonchev–Trinajstić information content (AvgIpc) is 2.96. The number of hydrogen-bond acceptors (Lipinski definition) is 4. The molecule has 2 aromatic rings. The molecule has 1 aliphatic heterocycles. The summed E-state index contributed by atoms with van der Waals surface area (Å²) in [5, 5.41) is 0. The van der Waals surface area contributed by atoms with Crippen LogP contribution in [0.3, 0.4) is 0 Å². The third-order valence-electron chi connectivity index (χ3n) is 4.71. The Bertz CT molecular complexity index is 723. The lowest BCUT2D eigenvalue weighted by Gasteiger charge is -2.36. The van der Waals surface area contributed by atoms with Gasteiger partial charge in [0.1, 0.15) is 5.75 Å². The first kappa shape index (κ1) is 17.0. The Labute approximate surface area is 147 Å². The van der Waals surface area contributed by atoms with Gasteiger partial charge in [0.05, 0.1) is 12.0 Å². The number of thiophene rings is 1. The van der Waals surface area contributed by atoms with Gasteiger partial charge in [-0.3, -0.25) is 4.79 Å². The minimum atomic E-state index is 0.127. The van der Waals surface area contributed by atoms with Crippen molar-refractivity contribution in [2.75, 3.05) is 13.7 Å². The van der Waals surface area contributed by atoms with Crippen molar-refractivity contribution in [1.82, 2.24) is 4.90 Å². The van der Waals surface area contributed by atoms with E-state index in [1.165, 1.54) is 0 Å². The molecule has 1 amide bonds. The van der Waals surface area contributed by atoms with Gasteiger partial charge in [-0.1, -0.05) is 12.1 Å². The van der Waals surface area contributed by atoms with Crippen LogP contribution in [0.2, 0.25) is 0 Å². The number of carbonyl (C=O) groups is 1. The first-order valence-electron chi connectivity index (χ1n) is 8.31. The lowest BCUT2D eigenvalue weighted by molar-refractivity contribution is 0.0624. The summed E-state index contributed by atoms with van der Waals surface area (Å²) in [7, 11) is 1.66. The van der Waals surface area contributed by atoms with Crippen LogP contribution >= 0.6 is 11.3 Å². The minimum Gasteiger partial charge on any atom is -0.497 e. The Kier molecular flexibility index (Phi) is 4.92. The number of nitrogens with two attached hydrogens (primary N) is 1. The molecule has 128 valence electrons. The zero-order valence-corrected chi connectivity index (χ0v) is 15.2. The van der Waals surface area contributed by atoms with Gasteiger partial charge in [0.25, 0.3) is 5.91 Å². The number of nitrogens with zero attached hydrogens (tertiary/aromatic N) is 1. The summed E-state index contributed by atoms with van der Waals surface area (Å²) in [4.78, 5) is 16.8. The predicted octanol–water partition coefficient (Wildman–Crippen LogP) is 3.68. The van der Waals surface area contributed by atoms with Crippen molar-refractivity contribution in [2.24, 2.45) is 5.73 Å². The number of ether oxygens (including phenoxy) is 1. The number of hydrogen-bond donors (Lipinski definition) is 1. The number of rotatable bonds is 3. The maximum absolute atomic E-state index is 12.9. The highest BCUT2D eigenvalue weighted by atomic mass is 32.1. The maximum atomic E-state index is 12.9. The highest BCUT2D eigenvalue weighted by Gasteiger charge is 2.29. The van der Waals surface area contributed by atoms with E-state index in [0.29, 0.717) is 0 Å². The second-order valence-corrected chi connectivity index (χ2v) is 7.70. The van der Waals surface area contributed by atoms with Crippen LogP contribution in [0.5, 0.6) is 5.75 Å². The number of likely N-dealkylation sites (tertiary alicyclic amines) is 1. The standard InChI is InChI=1S/C19H24N2O2S/c1-12-10-15(20)8-9-21(12)19(22)18-11-17(13(2)24-18)14-4-6-16(23-3)7-5-14/h4-7,11-12,15H,8-10,20H2,1-3H3/t12-,15+/m1/s1. The predicted molar refractivity (Wildman–Crippen MR) is 98.8 cm³/mol. The second kappa shape index (κ2) is 6.95. The quantitative estimate of drug-likeness (QED) is 0.924. The van der Waals surface area contributed by atoms with Crippen molar-refractivity contribution in [3.05, 3.63) is 40.1 Å². The summed E-state index contributed by atoms with van der Waals surface area (Å²) in [6, 6.07) is 10.4. The fourth-order valence-corrected chi connectivity index (χ4v) is 4.29. The summed E-state index contributed by atoms with van der Waals surface area (Å²) in [6.07, 6.45) is 1.76. The van der Waals surface area contributed by atoms with Crippen molar-refractivity contribution >= 4 is 17.2 Å². The summed E-state index contributed by atoms with van der Waals surface area (Å²) < 4.78 is 5.21. The van der Waals surface area contributed by atoms with Crippen LogP contribution < -0.4 is 10.5 Å². The molecule has 0 bridgehead atoms. The first-order valence-corrected chi connectivity index (χ1v) is 9.12. The van der Waals surface area contributed by atoms with E-state index in [2.05, 4.69) is 13.8 Å². The molecule has 1 aromatic carbocycles. The van der Waals surface area contributed by atoms with Gasteiger partial charge in [-0.05, 0) is 56.0 Å². The number of aryl methyl sites for hydroxylation is 1. The molecule has 0 spiro atoms. The number of carbonyl (C=O) groups excluding carboxylic acids is 1. The van der Waals surface area contributed by atoms with E-state index in [-0.39, 0.29) is 18.0 Å². The summed E-state index contributed by atoms with van der Waals surface area (Å²) in [5.74, 6) is 0.962. The number of methoxy groups -OCH3 is 1. The molecule has 1 fully saturated rings. The van der Waals surface area contributed by atoms with E-state index < -0.39 is 0 Å². The minimum absolute atomic E-state index is 0.127.